The molecule has 0 spiro atoms. The summed E-state index contributed by atoms with van der Waals surface area (Å²) in [6.45, 7) is 2.59. The van der Waals surface area contributed by atoms with Gasteiger partial charge in [-0.05, 0) is 6.42 Å². The molecule has 9 heavy (non-hydrogen) atoms. The molecule has 0 saturated carbocycles. The van der Waals surface area contributed by atoms with Crippen molar-refractivity contribution in [3.8, 4) is 0 Å². The van der Waals surface area contributed by atoms with Gasteiger partial charge in [-0.25, -0.2) is 4.89 Å². The molecule has 0 rings (SSSR count). The van der Waals surface area contributed by atoms with Gasteiger partial charge in [0.25, 0.3) is 0 Å². The lowest BCUT2D eigenvalue weighted by Gasteiger charge is -1.90. The molecule has 0 bridgehead atoms. The second-order valence-corrected chi connectivity index (χ2v) is 1.54. The molecule has 0 aliphatic heterocycles. The molecule has 0 amide bonds. The van der Waals surface area contributed by atoms with Crippen LogP contribution in [0.1, 0.15) is 26.2 Å². The average Bonchev–Trinajstić information content (AvgIpc) is 1.94. The lowest BCUT2D eigenvalue weighted by atomic mass is 10.3. The zero-order chi connectivity index (χ0) is 7.54. The summed E-state index contributed by atoms with van der Waals surface area (Å²) in [6.07, 6.45) is 3.27. The van der Waals surface area contributed by atoms with Gasteiger partial charge in [0.05, 0.1) is 13.8 Å². The highest BCUT2D eigenvalue weighted by molar-refractivity contribution is 4.31. The quantitative estimate of drug-likeness (QED) is 0.367. The van der Waals surface area contributed by atoms with Gasteiger partial charge in [0.1, 0.15) is 0 Å². The summed E-state index contributed by atoms with van der Waals surface area (Å²) in [5.41, 5.74) is 0. The van der Waals surface area contributed by atoms with E-state index in [9.17, 15) is 4.39 Å². The van der Waals surface area contributed by atoms with Crippen LogP contribution in [0.4, 0.5) is 4.39 Å². The molecule has 2 nitrogen and oxygen atoms in total. The van der Waals surface area contributed by atoms with Gasteiger partial charge in [-0.1, -0.05) is 19.8 Å². The largest absolute Gasteiger partial charge is 0.255 e. The predicted molar refractivity (Wildman–Crippen MR) is 35.1 cm³/mol. The van der Waals surface area contributed by atoms with Gasteiger partial charge in [0.15, 0.2) is 0 Å². The van der Waals surface area contributed by atoms with Gasteiger partial charge in [0, 0.05) is 0 Å². The minimum atomic E-state index is 0.480. The number of hydrogen-bond donors (Lipinski definition) is 1. The number of alkyl halides is 1. The van der Waals surface area contributed by atoms with Gasteiger partial charge in [-0.3, -0.25) is 9.65 Å². The Morgan fingerprint density at radius 1 is 1.33 bits per heavy atom. The molecule has 0 aromatic heterocycles. The topological polar surface area (TPSA) is 29.5 Å². The molecule has 0 fully saturated rings. The predicted octanol–water partition coefficient (Wildman–Crippen LogP) is 2.25. The maximum atomic E-state index is 9.50. The Kier molecular flexibility index (Phi) is 20.2. The highest BCUT2D eigenvalue weighted by Crippen LogP contribution is 1.91. The molecule has 0 aromatic rings. The summed E-state index contributed by atoms with van der Waals surface area (Å²) in [5.74, 6) is 0. The Balaban J connectivity index is 0. The van der Waals surface area contributed by atoms with Crippen LogP contribution < -0.4 is 0 Å². The van der Waals surface area contributed by atoms with Crippen LogP contribution in [0.3, 0.4) is 0 Å². The normalized spacial score (nSPS) is 8.00. The highest BCUT2D eigenvalue weighted by atomic mass is 19.1. The van der Waals surface area contributed by atoms with E-state index in [1.807, 2.05) is 0 Å². The molecule has 0 aliphatic carbocycles. The maximum Gasteiger partial charge on any atom is 0.0819 e. The van der Waals surface area contributed by atoms with Crippen molar-refractivity contribution >= 4 is 0 Å². The third-order valence-corrected chi connectivity index (χ3v) is 0.839. The van der Waals surface area contributed by atoms with Crippen LogP contribution in [0.5, 0.6) is 0 Å². The van der Waals surface area contributed by atoms with Crippen molar-refractivity contribution in [3.05, 3.63) is 0 Å². The SMILES string of the molecule is CCCCCOO.CF. The van der Waals surface area contributed by atoms with Crippen LogP contribution in [0.15, 0.2) is 0 Å². The molecule has 0 saturated heterocycles. The molecule has 1 N–H and O–H groups in total. The van der Waals surface area contributed by atoms with E-state index in [4.69, 9.17) is 5.26 Å². The Hall–Kier alpha value is -0.150. The van der Waals surface area contributed by atoms with Crippen LogP contribution >= 0.6 is 0 Å². The van der Waals surface area contributed by atoms with E-state index in [-0.39, 0.29) is 0 Å². The number of hydrogen-bond acceptors (Lipinski definition) is 2. The molecule has 0 heterocycles. The van der Waals surface area contributed by atoms with Crippen LogP contribution in [0.2, 0.25) is 0 Å². The Labute approximate surface area is 55.6 Å². The van der Waals surface area contributed by atoms with Crippen molar-refractivity contribution in [2.75, 3.05) is 13.8 Å². The van der Waals surface area contributed by atoms with Gasteiger partial charge < -0.3 is 0 Å². The lowest BCUT2D eigenvalue weighted by Crippen LogP contribution is -1.86. The van der Waals surface area contributed by atoms with E-state index in [1.54, 1.807) is 0 Å². The van der Waals surface area contributed by atoms with Crippen LogP contribution in [0, 0.1) is 0 Å². The van der Waals surface area contributed by atoms with Crippen molar-refractivity contribution in [2.24, 2.45) is 0 Å². The Morgan fingerprint density at radius 2 is 1.89 bits per heavy atom. The van der Waals surface area contributed by atoms with Crippen molar-refractivity contribution in [2.45, 2.75) is 26.2 Å². The summed E-state index contributed by atoms with van der Waals surface area (Å²) in [7, 11) is 0.500. The first-order valence-electron chi connectivity index (χ1n) is 3.06. The Bertz CT molecular complexity index is 30.2. The van der Waals surface area contributed by atoms with E-state index in [0.717, 1.165) is 12.8 Å². The third kappa shape index (κ3) is 18.1. The molecular formula is C6H15FO2. The van der Waals surface area contributed by atoms with Gasteiger partial charge in [-0.15, -0.1) is 0 Å². The summed E-state index contributed by atoms with van der Waals surface area (Å²) < 4.78 is 9.50. The second-order valence-electron chi connectivity index (χ2n) is 1.54. The fourth-order valence-electron chi connectivity index (χ4n) is 0.417. The third-order valence-electron chi connectivity index (χ3n) is 0.839. The van der Waals surface area contributed by atoms with Gasteiger partial charge in [-0.2, -0.15) is 0 Å². The standard InChI is InChI=1S/C5H12O2.CH3F/c1-2-3-4-5-7-6;1-2/h6H,2-5H2,1H3;1H3. The van der Waals surface area contributed by atoms with Crippen LogP contribution in [0.25, 0.3) is 0 Å². The summed E-state index contributed by atoms with van der Waals surface area (Å²) >= 11 is 0. The van der Waals surface area contributed by atoms with Gasteiger partial charge >= 0.3 is 0 Å². The van der Waals surface area contributed by atoms with E-state index < -0.39 is 0 Å². The maximum absolute atomic E-state index is 9.50. The molecule has 58 valence electrons. The fraction of sp³-hybridized carbons (Fsp3) is 1.00. The zero-order valence-corrected chi connectivity index (χ0v) is 6.06. The molecule has 3 heteroatoms. The fourth-order valence-corrected chi connectivity index (χ4v) is 0.417. The summed E-state index contributed by atoms with van der Waals surface area (Å²) in [5, 5.41) is 7.79. The number of unbranched alkanes of at least 4 members (excludes halogenated alkanes) is 2. The van der Waals surface area contributed by atoms with Crippen LogP contribution in [-0.4, -0.2) is 19.0 Å². The van der Waals surface area contributed by atoms with E-state index in [0.29, 0.717) is 13.8 Å². The first-order chi connectivity index (χ1) is 4.41. The number of rotatable bonds is 4. The average molecular weight is 138 g/mol. The second kappa shape index (κ2) is 15.7. The first kappa shape index (κ1) is 11.6. The zero-order valence-electron chi connectivity index (χ0n) is 6.06. The van der Waals surface area contributed by atoms with Gasteiger partial charge in [0.2, 0.25) is 0 Å². The minimum absolute atomic E-state index is 0.480. The lowest BCUT2D eigenvalue weighted by molar-refractivity contribution is -0.242. The minimum Gasteiger partial charge on any atom is -0.255 e. The Morgan fingerprint density at radius 3 is 2.22 bits per heavy atom. The molecule has 0 aromatic carbocycles. The molecule has 0 atom stereocenters. The smallest absolute Gasteiger partial charge is 0.0819 e. The summed E-state index contributed by atoms with van der Waals surface area (Å²) in [4.78, 5) is 3.84. The molecular weight excluding hydrogens is 123 g/mol. The van der Waals surface area contributed by atoms with Crippen molar-refractivity contribution in [1.29, 1.82) is 0 Å². The molecule has 0 unspecified atom stereocenters. The highest BCUT2D eigenvalue weighted by Gasteiger charge is 1.81. The van der Waals surface area contributed by atoms with E-state index in [2.05, 4.69) is 11.8 Å². The van der Waals surface area contributed by atoms with Crippen molar-refractivity contribution < 1.29 is 14.5 Å². The number of halogens is 1. The van der Waals surface area contributed by atoms with Crippen molar-refractivity contribution in [3.63, 3.8) is 0 Å². The molecule has 0 radical (unpaired) electrons. The monoisotopic (exact) mass is 138 g/mol. The summed E-state index contributed by atoms with van der Waals surface area (Å²) in [6, 6.07) is 0. The van der Waals surface area contributed by atoms with Crippen LogP contribution in [-0.2, 0) is 4.89 Å². The van der Waals surface area contributed by atoms with Crippen molar-refractivity contribution in [1.82, 2.24) is 0 Å². The van der Waals surface area contributed by atoms with E-state index >= 15 is 0 Å². The van der Waals surface area contributed by atoms with E-state index in [1.165, 1.54) is 6.42 Å². The first-order valence-corrected chi connectivity index (χ1v) is 3.06. The molecule has 0 aliphatic rings.